The summed E-state index contributed by atoms with van der Waals surface area (Å²) in [5, 5.41) is 20.3. The number of carbonyl (C=O) groups excluding carboxylic acids is 1. The van der Waals surface area contributed by atoms with Crippen LogP contribution in [0.5, 0.6) is 0 Å². The van der Waals surface area contributed by atoms with Crippen molar-refractivity contribution >= 4 is 28.5 Å². The van der Waals surface area contributed by atoms with Gasteiger partial charge in [-0.15, -0.1) is 5.10 Å². The molecular weight excluding hydrogens is 476 g/mol. The maximum Gasteiger partial charge on any atom is 0.201 e. The molecule has 4 saturated carbocycles. The van der Waals surface area contributed by atoms with Gasteiger partial charge in [-0.25, -0.2) is 4.98 Å². The van der Waals surface area contributed by atoms with Crippen LogP contribution >= 0.6 is 11.6 Å². The van der Waals surface area contributed by atoms with Gasteiger partial charge in [0.2, 0.25) is 5.65 Å². The van der Waals surface area contributed by atoms with Crippen LogP contribution in [0.2, 0.25) is 5.02 Å². The summed E-state index contributed by atoms with van der Waals surface area (Å²) in [4.78, 5) is 19.4. The van der Waals surface area contributed by atoms with Crippen LogP contribution in [0.15, 0.2) is 12.3 Å². The lowest BCUT2D eigenvalue weighted by Crippen LogP contribution is -2.58. The molecule has 2 aromatic heterocycles. The first-order valence-corrected chi connectivity index (χ1v) is 14.1. The number of hydrogen-bond donors (Lipinski definition) is 1. The highest BCUT2D eigenvalue weighted by atomic mass is 35.5. The molecule has 8 atom stereocenters. The van der Waals surface area contributed by atoms with Gasteiger partial charge in [0, 0.05) is 19.2 Å². The van der Waals surface area contributed by atoms with Crippen molar-refractivity contribution in [3.8, 4) is 0 Å². The minimum Gasteiger partial charge on any atom is -0.390 e. The molecule has 0 unspecified atom stereocenters. The van der Waals surface area contributed by atoms with Crippen LogP contribution in [0.25, 0.3) is 11.2 Å². The van der Waals surface area contributed by atoms with Crippen molar-refractivity contribution in [2.24, 2.45) is 40.4 Å². The Labute approximate surface area is 218 Å². The fraction of sp³-hybridized carbons (Fsp3) is 0.786. The van der Waals surface area contributed by atoms with Crippen molar-refractivity contribution in [1.82, 2.24) is 20.0 Å². The van der Waals surface area contributed by atoms with Gasteiger partial charge in [-0.1, -0.05) is 18.5 Å². The highest BCUT2D eigenvalue weighted by Gasteiger charge is 2.63. The molecule has 7 nitrogen and oxygen atoms in total. The molecule has 0 radical (unpaired) electrons. The molecule has 36 heavy (non-hydrogen) atoms. The van der Waals surface area contributed by atoms with Gasteiger partial charge in [-0.2, -0.15) is 9.90 Å². The molecule has 6 rings (SSSR count). The summed E-state index contributed by atoms with van der Waals surface area (Å²) in [6.45, 7) is 5.40. The number of nitrogens with zero attached hydrogens (tertiary/aromatic N) is 4. The van der Waals surface area contributed by atoms with Gasteiger partial charge in [-0.3, -0.25) is 4.79 Å². The normalized spacial score (nSPS) is 42.1. The van der Waals surface area contributed by atoms with E-state index in [2.05, 4.69) is 22.1 Å². The fourth-order valence-corrected chi connectivity index (χ4v) is 9.61. The number of ketones is 1. The Balaban J connectivity index is 1.22. The van der Waals surface area contributed by atoms with Crippen LogP contribution in [0.3, 0.4) is 0 Å². The van der Waals surface area contributed by atoms with E-state index in [-0.39, 0.29) is 29.1 Å². The summed E-state index contributed by atoms with van der Waals surface area (Å²) in [6, 6.07) is 1.74. The summed E-state index contributed by atoms with van der Waals surface area (Å²) in [7, 11) is 1.84. The highest BCUT2D eigenvalue weighted by Crippen LogP contribution is 2.68. The molecule has 0 aliphatic heterocycles. The highest BCUT2D eigenvalue weighted by molar-refractivity contribution is 6.30. The number of aromatic nitrogens is 4. The average Bonchev–Trinajstić information content (AvgIpc) is 3.38. The van der Waals surface area contributed by atoms with E-state index in [1.54, 1.807) is 12.3 Å². The van der Waals surface area contributed by atoms with Gasteiger partial charge in [0.25, 0.3) is 0 Å². The molecule has 4 fully saturated rings. The number of carbonyl (C=O) groups is 1. The second-order valence-corrected chi connectivity index (χ2v) is 13.3. The smallest absolute Gasteiger partial charge is 0.201 e. The number of fused-ring (bicyclic) bond motifs is 6. The van der Waals surface area contributed by atoms with E-state index in [4.69, 9.17) is 16.3 Å². The van der Waals surface area contributed by atoms with E-state index in [0.717, 1.165) is 51.6 Å². The van der Waals surface area contributed by atoms with E-state index in [0.29, 0.717) is 39.9 Å². The summed E-state index contributed by atoms with van der Waals surface area (Å²) >= 11 is 6.05. The lowest BCUT2D eigenvalue weighted by Gasteiger charge is -2.62. The maximum atomic E-state index is 13.6. The van der Waals surface area contributed by atoms with Crippen LogP contribution in [-0.2, 0) is 16.1 Å². The lowest BCUT2D eigenvalue weighted by molar-refractivity contribution is -0.175. The molecule has 2 heterocycles. The first kappa shape index (κ1) is 24.7. The van der Waals surface area contributed by atoms with Gasteiger partial charge in [-0.05, 0) is 105 Å². The monoisotopic (exact) mass is 514 g/mol. The number of halogens is 1. The molecule has 1 N–H and O–H groups in total. The van der Waals surface area contributed by atoms with Crippen LogP contribution in [0.1, 0.15) is 71.6 Å². The Hall–Kier alpha value is -1.57. The van der Waals surface area contributed by atoms with Crippen LogP contribution < -0.4 is 0 Å². The zero-order valence-corrected chi connectivity index (χ0v) is 22.5. The number of Topliss-reactive ketones (excluding diaryl/α,β-unsaturated/α-hetero) is 1. The molecule has 0 aromatic carbocycles. The Morgan fingerprint density at radius 1 is 1.14 bits per heavy atom. The van der Waals surface area contributed by atoms with Crippen molar-refractivity contribution in [3.63, 3.8) is 0 Å². The number of ether oxygens (including phenoxy) is 1. The number of hydrogen-bond acceptors (Lipinski definition) is 6. The quantitative estimate of drug-likeness (QED) is 0.598. The zero-order chi connectivity index (χ0) is 25.3. The fourth-order valence-electron chi connectivity index (χ4n) is 9.46. The Bertz CT molecular complexity index is 1170. The third-order valence-corrected chi connectivity index (χ3v) is 11.2. The Morgan fingerprint density at radius 3 is 2.78 bits per heavy atom. The predicted octanol–water partition coefficient (Wildman–Crippen LogP) is 5.09. The molecule has 0 bridgehead atoms. The van der Waals surface area contributed by atoms with Gasteiger partial charge < -0.3 is 9.84 Å². The molecule has 4 aliphatic carbocycles. The minimum absolute atomic E-state index is 0.0354. The molecular formula is C28H39ClN4O3. The number of pyridine rings is 1. The van der Waals surface area contributed by atoms with E-state index >= 15 is 0 Å². The minimum atomic E-state index is -0.547. The third-order valence-electron chi connectivity index (χ3n) is 11.0. The van der Waals surface area contributed by atoms with Crippen LogP contribution in [0.4, 0.5) is 0 Å². The summed E-state index contributed by atoms with van der Waals surface area (Å²) in [6.07, 6.45) is 11.1. The molecule has 196 valence electrons. The van der Waals surface area contributed by atoms with Crippen molar-refractivity contribution in [3.05, 3.63) is 17.3 Å². The largest absolute Gasteiger partial charge is 0.390 e. The van der Waals surface area contributed by atoms with Crippen molar-refractivity contribution in [2.45, 2.75) is 83.8 Å². The van der Waals surface area contributed by atoms with E-state index in [9.17, 15) is 9.90 Å². The van der Waals surface area contributed by atoms with Gasteiger partial charge in [0.15, 0.2) is 5.78 Å². The Kier molecular flexibility index (Phi) is 6.01. The second kappa shape index (κ2) is 8.74. The van der Waals surface area contributed by atoms with E-state index < -0.39 is 5.60 Å². The van der Waals surface area contributed by atoms with Crippen LogP contribution in [0, 0.1) is 40.4 Å². The first-order valence-electron chi connectivity index (χ1n) is 13.8. The van der Waals surface area contributed by atoms with Crippen molar-refractivity contribution in [2.75, 3.05) is 13.7 Å². The van der Waals surface area contributed by atoms with Gasteiger partial charge in [0.1, 0.15) is 12.1 Å². The SMILES string of the molecule is COC[C@]12CC[C@@](C)(O)C[C@@H]1CC[C@H]1[C@@H]3CC[C@H](C(=O)Cn4nc5cc(Cl)cnc5n4)[C@@]3(C)CC[C@@H]12. The standard InChI is InChI=1S/C28H39ClN4O3/c1-26(35)10-11-28(16-36-3)17(13-26)4-5-19-20-6-7-22(27(20,2)9-8-21(19)28)24(34)15-33-31-23-12-18(29)14-30-25(23)32-33/h12,14,17,19-22,35H,4-11,13,15-16H2,1-3H3/t17-,19-,20-,21-,22+,26+,27-,28+/m0/s1. The Morgan fingerprint density at radius 2 is 1.97 bits per heavy atom. The molecule has 8 heteroatoms. The summed E-state index contributed by atoms with van der Waals surface area (Å²) in [5.41, 5.74) is 0.812. The second-order valence-electron chi connectivity index (χ2n) is 12.9. The lowest BCUT2D eigenvalue weighted by atomic mass is 9.43. The third kappa shape index (κ3) is 3.83. The number of aliphatic hydroxyl groups is 1. The molecule has 0 saturated heterocycles. The molecule has 0 spiro atoms. The first-order chi connectivity index (χ1) is 17.1. The zero-order valence-electron chi connectivity index (χ0n) is 21.8. The van der Waals surface area contributed by atoms with Gasteiger partial charge in [0.05, 0.1) is 17.2 Å². The molecule has 0 amide bonds. The van der Waals surface area contributed by atoms with E-state index in [1.165, 1.54) is 17.6 Å². The van der Waals surface area contributed by atoms with Crippen LogP contribution in [-0.4, -0.2) is 50.2 Å². The average molecular weight is 515 g/mol. The number of rotatable bonds is 5. The predicted molar refractivity (Wildman–Crippen MR) is 137 cm³/mol. The van der Waals surface area contributed by atoms with Gasteiger partial charge >= 0.3 is 0 Å². The summed E-state index contributed by atoms with van der Waals surface area (Å²) < 4.78 is 5.89. The number of methoxy groups -OCH3 is 1. The molecule has 4 aliphatic rings. The summed E-state index contributed by atoms with van der Waals surface area (Å²) in [5.74, 6) is 2.69. The van der Waals surface area contributed by atoms with E-state index in [1.807, 2.05) is 14.0 Å². The topological polar surface area (TPSA) is 90.1 Å². The molecule has 2 aromatic rings. The van der Waals surface area contributed by atoms with Crippen molar-refractivity contribution < 1.29 is 14.6 Å². The van der Waals surface area contributed by atoms with Crippen molar-refractivity contribution in [1.29, 1.82) is 0 Å². The maximum absolute atomic E-state index is 13.6.